The average Bonchev–Trinajstić information content (AvgIpc) is 3.10. The second-order valence-electron chi connectivity index (χ2n) is 8.28. The van der Waals surface area contributed by atoms with Crippen LogP contribution in [-0.2, 0) is 13.6 Å². The van der Waals surface area contributed by atoms with Gasteiger partial charge in [-0.15, -0.1) is 0 Å². The van der Waals surface area contributed by atoms with Gasteiger partial charge in [0.05, 0.1) is 14.2 Å². The van der Waals surface area contributed by atoms with Crippen molar-refractivity contribution in [2.24, 2.45) is 7.05 Å². The highest BCUT2D eigenvalue weighted by molar-refractivity contribution is 5.95. The minimum atomic E-state index is -0.0799. The van der Waals surface area contributed by atoms with Crippen LogP contribution in [0.5, 0.6) is 11.5 Å². The fourth-order valence-corrected chi connectivity index (χ4v) is 4.45. The van der Waals surface area contributed by atoms with E-state index in [1.165, 1.54) is 16.6 Å². The predicted molar refractivity (Wildman–Crippen MR) is 123 cm³/mol. The van der Waals surface area contributed by atoms with E-state index in [1.807, 2.05) is 6.92 Å². The van der Waals surface area contributed by atoms with Gasteiger partial charge >= 0.3 is 0 Å². The van der Waals surface area contributed by atoms with Crippen LogP contribution >= 0.6 is 0 Å². The van der Waals surface area contributed by atoms with Crippen LogP contribution in [0, 0.1) is 6.92 Å². The van der Waals surface area contributed by atoms with Gasteiger partial charge in [0.2, 0.25) is 0 Å². The molecule has 0 unspecified atom stereocenters. The number of hydrogen-bond acceptors (Lipinski definition) is 4. The van der Waals surface area contributed by atoms with Gasteiger partial charge in [-0.25, -0.2) is 0 Å². The van der Waals surface area contributed by atoms with E-state index >= 15 is 0 Å². The molecule has 0 spiro atoms. The van der Waals surface area contributed by atoms with Gasteiger partial charge in [0.25, 0.3) is 5.91 Å². The van der Waals surface area contributed by atoms with E-state index in [0.717, 1.165) is 38.0 Å². The Labute approximate surface area is 183 Å². The highest BCUT2D eigenvalue weighted by atomic mass is 16.5. The third kappa shape index (κ3) is 4.39. The number of benzene rings is 2. The number of amides is 1. The number of para-hydroxylation sites is 1. The lowest BCUT2D eigenvalue weighted by Gasteiger charge is -2.32. The van der Waals surface area contributed by atoms with Crippen LogP contribution in [0.15, 0.2) is 42.5 Å². The molecule has 1 N–H and O–H groups in total. The topological polar surface area (TPSA) is 55.7 Å². The monoisotopic (exact) mass is 421 g/mol. The van der Waals surface area contributed by atoms with Crippen molar-refractivity contribution in [1.29, 1.82) is 0 Å². The number of carbonyl (C=O) groups is 1. The molecule has 1 saturated heterocycles. The summed E-state index contributed by atoms with van der Waals surface area (Å²) in [5.74, 6) is 1.24. The van der Waals surface area contributed by atoms with Gasteiger partial charge in [-0.05, 0) is 49.4 Å². The molecule has 31 heavy (non-hydrogen) atoms. The molecule has 0 radical (unpaired) electrons. The third-order valence-corrected chi connectivity index (χ3v) is 6.37. The number of likely N-dealkylation sites (tertiary alicyclic amines) is 1. The summed E-state index contributed by atoms with van der Waals surface area (Å²) in [5.41, 5.74) is 4.05. The minimum absolute atomic E-state index is 0.0799. The summed E-state index contributed by atoms with van der Waals surface area (Å²) in [4.78, 5) is 15.3. The van der Waals surface area contributed by atoms with E-state index in [2.05, 4.69) is 52.2 Å². The van der Waals surface area contributed by atoms with Crippen molar-refractivity contribution < 1.29 is 14.3 Å². The van der Waals surface area contributed by atoms with Gasteiger partial charge in [0.15, 0.2) is 0 Å². The number of rotatable bonds is 6. The minimum Gasteiger partial charge on any atom is -0.496 e. The summed E-state index contributed by atoms with van der Waals surface area (Å²) in [6.45, 7) is 4.78. The van der Waals surface area contributed by atoms with Crippen molar-refractivity contribution in [3.05, 3.63) is 59.3 Å². The first-order chi connectivity index (χ1) is 15.0. The van der Waals surface area contributed by atoms with Crippen molar-refractivity contribution in [2.45, 2.75) is 32.4 Å². The van der Waals surface area contributed by atoms with E-state index in [-0.39, 0.29) is 11.9 Å². The molecule has 1 fully saturated rings. The second kappa shape index (κ2) is 9.02. The largest absolute Gasteiger partial charge is 0.496 e. The average molecular weight is 422 g/mol. The Morgan fingerprint density at radius 2 is 1.71 bits per heavy atom. The molecule has 6 nitrogen and oxygen atoms in total. The van der Waals surface area contributed by atoms with Gasteiger partial charge in [0, 0.05) is 55.1 Å². The highest BCUT2D eigenvalue weighted by Gasteiger charge is 2.23. The number of aryl methyl sites for hydroxylation is 1. The molecule has 2 aromatic carbocycles. The van der Waals surface area contributed by atoms with Crippen LogP contribution in [0.4, 0.5) is 0 Å². The van der Waals surface area contributed by atoms with Crippen molar-refractivity contribution in [1.82, 2.24) is 14.8 Å². The quantitative estimate of drug-likeness (QED) is 0.656. The fourth-order valence-electron chi connectivity index (χ4n) is 4.45. The fraction of sp³-hybridized carbons (Fsp3) is 0.400. The summed E-state index contributed by atoms with van der Waals surface area (Å²) in [5, 5.41) is 4.48. The number of piperidine rings is 1. The molecule has 2 heterocycles. The first kappa shape index (κ1) is 21.2. The lowest BCUT2D eigenvalue weighted by molar-refractivity contribution is 0.0907. The highest BCUT2D eigenvalue weighted by Crippen LogP contribution is 2.29. The summed E-state index contributed by atoms with van der Waals surface area (Å²) < 4.78 is 13.1. The molecule has 6 heteroatoms. The standard InChI is InChI=1S/C25H31N3O3/c1-17-23(30-3)14-19(15-24(17)31-4)25(29)26-20-9-11-28(12-10-20)16-21-13-18-7-5-6-8-22(18)27(21)2/h5-8,13-15,20H,9-12,16H2,1-4H3,(H,26,29). The first-order valence-electron chi connectivity index (χ1n) is 10.8. The molecule has 1 aliphatic heterocycles. The Kier molecular flexibility index (Phi) is 6.18. The van der Waals surface area contributed by atoms with Crippen LogP contribution < -0.4 is 14.8 Å². The smallest absolute Gasteiger partial charge is 0.251 e. The van der Waals surface area contributed by atoms with E-state index in [9.17, 15) is 4.79 Å². The number of nitrogens with zero attached hydrogens (tertiary/aromatic N) is 2. The summed E-state index contributed by atoms with van der Waals surface area (Å²) >= 11 is 0. The lowest BCUT2D eigenvalue weighted by atomic mass is 10.0. The number of methoxy groups -OCH3 is 2. The molecule has 0 saturated carbocycles. The Bertz CT molecular complexity index is 1060. The molecule has 164 valence electrons. The number of carbonyl (C=O) groups excluding carboxylic acids is 1. The van der Waals surface area contributed by atoms with Crippen LogP contribution in [0.25, 0.3) is 10.9 Å². The number of aromatic nitrogens is 1. The molecule has 0 bridgehead atoms. The van der Waals surface area contributed by atoms with Crippen LogP contribution in [0.2, 0.25) is 0 Å². The Morgan fingerprint density at radius 1 is 1.06 bits per heavy atom. The second-order valence-corrected chi connectivity index (χ2v) is 8.28. The molecule has 1 aromatic heterocycles. The normalized spacial score (nSPS) is 15.2. The summed E-state index contributed by atoms with van der Waals surface area (Å²) in [6.07, 6.45) is 1.88. The number of fused-ring (bicyclic) bond motifs is 1. The van der Waals surface area contributed by atoms with Gasteiger partial charge in [-0.2, -0.15) is 0 Å². The maximum Gasteiger partial charge on any atom is 0.251 e. The SMILES string of the molecule is COc1cc(C(=O)NC2CCN(Cc3cc4ccccc4n3C)CC2)cc(OC)c1C. The predicted octanol–water partition coefficient (Wildman–Crippen LogP) is 3.90. The summed E-state index contributed by atoms with van der Waals surface area (Å²) in [6, 6.07) is 14.5. The van der Waals surface area contributed by atoms with Gasteiger partial charge < -0.3 is 19.4 Å². The molecular formula is C25H31N3O3. The number of ether oxygens (including phenoxy) is 2. The number of hydrogen-bond donors (Lipinski definition) is 1. The van der Waals surface area contributed by atoms with E-state index in [4.69, 9.17) is 9.47 Å². The Morgan fingerprint density at radius 3 is 2.32 bits per heavy atom. The molecular weight excluding hydrogens is 390 g/mol. The first-order valence-corrected chi connectivity index (χ1v) is 10.8. The van der Waals surface area contributed by atoms with E-state index in [0.29, 0.717) is 17.1 Å². The van der Waals surface area contributed by atoms with Crippen LogP contribution in [0.3, 0.4) is 0 Å². The van der Waals surface area contributed by atoms with Crippen LogP contribution in [-0.4, -0.2) is 48.7 Å². The molecule has 4 rings (SSSR count). The zero-order valence-corrected chi connectivity index (χ0v) is 18.8. The summed E-state index contributed by atoms with van der Waals surface area (Å²) in [7, 11) is 5.35. The molecule has 0 aliphatic carbocycles. The van der Waals surface area contributed by atoms with Gasteiger partial charge in [-0.1, -0.05) is 18.2 Å². The Hall–Kier alpha value is -2.99. The zero-order valence-electron chi connectivity index (χ0n) is 18.8. The third-order valence-electron chi connectivity index (χ3n) is 6.37. The maximum absolute atomic E-state index is 12.8. The van der Waals surface area contributed by atoms with Gasteiger partial charge in [-0.3, -0.25) is 9.69 Å². The van der Waals surface area contributed by atoms with Crippen LogP contribution in [0.1, 0.15) is 34.5 Å². The van der Waals surface area contributed by atoms with Crippen molar-refractivity contribution in [2.75, 3.05) is 27.3 Å². The maximum atomic E-state index is 12.8. The molecule has 1 amide bonds. The number of nitrogens with one attached hydrogen (secondary N) is 1. The molecule has 0 atom stereocenters. The van der Waals surface area contributed by atoms with E-state index < -0.39 is 0 Å². The molecule has 3 aromatic rings. The van der Waals surface area contributed by atoms with E-state index in [1.54, 1.807) is 26.4 Å². The zero-order chi connectivity index (χ0) is 22.0. The Balaban J connectivity index is 1.36. The lowest BCUT2D eigenvalue weighted by Crippen LogP contribution is -2.44. The molecule has 1 aliphatic rings. The van der Waals surface area contributed by atoms with Crippen molar-refractivity contribution in [3.8, 4) is 11.5 Å². The van der Waals surface area contributed by atoms with Crippen molar-refractivity contribution in [3.63, 3.8) is 0 Å². The van der Waals surface area contributed by atoms with Crippen molar-refractivity contribution >= 4 is 16.8 Å². The van der Waals surface area contributed by atoms with Gasteiger partial charge in [0.1, 0.15) is 11.5 Å².